The molecule has 0 bridgehead atoms. The molecule has 1 nitrogen and oxygen atoms in total. The fourth-order valence-corrected chi connectivity index (χ4v) is 3.61. The number of hydrogen-bond donors (Lipinski definition) is 0. The van der Waals surface area contributed by atoms with Crippen LogP contribution in [0.4, 0.5) is 0 Å². The van der Waals surface area contributed by atoms with Gasteiger partial charge in [-0.2, -0.15) is 13.0 Å². The van der Waals surface area contributed by atoms with Crippen LogP contribution in [-0.2, 0) is 21.7 Å². The van der Waals surface area contributed by atoms with Gasteiger partial charge in [0.15, 0.2) is 0 Å². The van der Waals surface area contributed by atoms with Crippen molar-refractivity contribution in [1.82, 2.24) is 4.90 Å². The Morgan fingerprint density at radius 2 is 0.971 bits per heavy atom. The number of rotatable bonds is 19. The summed E-state index contributed by atoms with van der Waals surface area (Å²) in [6.45, 7) is 11.7. The molecule has 0 aromatic rings. The van der Waals surface area contributed by atoms with Crippen molar-refractivity contribution in [2.45, 2.75) is 130 Å². The average Bonchev–Trinajstić information content (AvgIpc) is 3.30. The molecule has 1 aliphatic rings. The zero-order chi connectivity index (χ0) is 20.5. The molecule has 0 radical (unpaired) electrons. The summed E-state index contributed by atoms with van der Waals surface area (Å²) in [6.07, 6.45) is 32.8. The van der Waals surface area contributed by atoms with Crippen LogP contribution in [0, 0.1) is 42.3 Å². The summed E-state index contributed by atoms with van der Waals surface area (Å²) in [6, 6.07) is 0. The Morgan fingerprint density at radius 1 is 0.629 bits per heavy atom. The van der Waals surface area contributed by atoms with Crippen LogP contribution in [0.5, 0.6) is 0 Å². The number of nitrogens with zero attached hydrogens (tertiary/aromatic N) is 1. The predicted octanol–water partition coefficient (Wildman–Crippen LogP) is 11.7. The van der Waals surface area contributed by atoms with E-state index in [0.29, 0.717) is 0 Å². The van der Waals surface area contributed by atoms with Gasteiger partial charge in [0.1, 0.15) is 0 Å². The van der Waals surface area contributed by atoms with Gasteiger partial charge in [0.2, 0.25) is 0 Å². The maximum Gasteiger partial charge on any atom is 0 e. The van der Waals surface area contributed by atoms with Gasteiger partial charge < -0.3 is 34.6 Å². The van der Waals surface area contributed by atoms with Crippen LogP contribution in [-0.4, -0.2) is 18.0 Å². The maximum atomic E-state index is 2.99. The van der Waals surface area contributed by atoms with E-state index in [1.165, 1.54) is 116 Å². The van der Waals surface area contributed by atoms with Crippen LogP contribution in [0.25, 0.3) is 0 Å². The Labute approximate surface area is 253 Å². The quantitative estimate of drug-likeness (QED) is 0.0848. The van der Waals surface area contributed by atoms with Crippen LogP contribution in [0.2, 0.25) is 0 Å². The van der Waals surface area contributed by atoms with E-state index >= 15 is 0 Å². The summed E-state index contributed by atoms with van der Waals surface area (Å²) in [5.41, 5.74) is 0. The van der Waals surface area contributed by atoms with Crippen molar-refractivity contribution in [2.75, 3.05) is 13.1 Å². The molecule has 218 valence electrons. The second-order valence-corrected chi connectivity index (χ2v) is 8.25. The summed E-state index contributed by atoms with van der Waals surface area (Å²) in [4.78, 5) is 2.55. The third kappa shape index (κ3) is 48.4. The van der Waals surface area contributed by atoms with Crippen molar-refractivity contribution in [1.29, 1.82) is 0 Å². The van der Waals surface area contributed by atoms with E-state index in [2.05, 4.69) is 44.4 Å². The molecule has 0 fully saturated rings. The molecular weight excluding hydrogens is 505 g/mol. The van der Waals surface area contributed by atoms with E-state index in [1.54, 1.807) is 0 Å². The molecule has 0 atom stereocenters. The average molecular weight is 571 g/mol. The molecule has 0 amide bonds. The van der Waals surface area contributed by atoms with Gasteiger partial charge in [0.05, 0.1) is 0 Å². The topological polar surface area (TPSA) is 3.24 Å². The van der Waals surface area contributed by atoms with E-state index in [4.69, 9.17) is 0 Å². The molecule has 0 spiro atoms. The van der Waals surface area contributed by atoms with Gasteiger partial charge in [-0.1, -0.05) is 104 Å². The van der Waals surface area contributed by atoms with Gasteiger partial charge in [-0.25, -0.2) is 12.2 Å². The Bertz CT molecular complexity index is 319. The normalized spacial score (nSPS) is 10.1. The number of halogens is 2. The molecule has 1 aliphatic carbocycles. The Morgan fingerprint density at radius 3 is 1.20 bits per heavy atom. The van der Waals surface area contributed by atoms with Gasteiger partial charge in [0, 0.05) is 21.7 Å². The molecule has 0 aromatic heterocycles. The van der Waals surface area contributed by atoms with E-state index < -0.39 is 0 Å². The van der Waals surface area contributed by atoms with Gasteiger partial charge in [0.25, 0.3) is 0 Å². The monoisotopic (exact) mass is 569 g/mol. The summed E-state index contributed by atoms with van der Waals surface area (Å²) in [7, 11) is 0. The minimum absolute atomic E-state index is 0. The molecule has 0 saturated carbocycles. The van der Waals surface area contributed by atoms with Gasteiger partial charge in [-0.3, -0.25) is 12.6 Å². The SMILES string of the molecule is C[CH-]N(CCCCCCCCCC)CCCCCCCCCC.Cl.Cl.[C-]1=CC=CC1.[CH3-].[CH3-].[CH3-].[CH3-].[Ti]. The molecule has 35 heavy (non-hydrogen) atoms. The summed E-state index contributed by atoms with van der Waals surface area (Å²) >= 11 is 0. The minimum Gasteiger partial charge on any atom is -0.457 e. The van der Waals surface area contributed by atoms with E-state index in [0.717, 1.165) is 6.42 Å². The molecule has 0 saturated heterocycles. The Kier molecular flexibility index (Phi) is 82.3. The number of unbranched alkanes of at least 4 members (excludes halogenated alkanes) is 14. The predicted molar refractivity (Wildman–Crippen MR) is 168 cm³/mol. The summed E-state index contributed by atoms with van der Waals surface area (Å²) < 4.78 is 0. The van der Waals surface area contributed by atoms with E-state index in [-0.39, 0.29) is 76.2 Å². The molecule has 0 heterocycles. The van der Waals surface area contributed by atoms with Crippen LogP contribution < -0.4 is 0 Å². The maximum absolute atomic E-state index is 2.99. The van der Waals surface area contributed by atoms with Crippen LogP contribution >= 0.6 is 24.8 Å². The van der Waals surface area contributed by atoms with Crippen LogP contribution in [0.3, 0.4) is 0 Å². The zero-order valence-electron chi connectivity index (χ0n) is 25.0. The van der Waals surface area contributed by atoms with Crippen molar-refractivity contribution in [3.8, 4) is 0 Å². The molecule has 4 heteroatoms. The first-order valence-electron chi connectivity index (χ1n) is 12.6. The zero-order valence-corrected chi connectivity index (χ0v) is 28.2. The van der Waals surface area contributed by atoms with Crippen LogP contribution in [0.15, 0.2) is 18.2 Å². The third-order valence-corrected chi connectivity index (χ3v) is 5.55. The van der Waals surface area contributed by atoms with Crippen molar-refractivity contribution < 1.29 is 21.7 Å². The number of hydrogen-bond acceptors (Lipinski definition) is 1. The fraction of sp³-hybridized carbons (Fsp3) is 0.710. The molecule has 0 aliphatic heterocycles. The van der Waals surface area contributed by atoms with Crippen molar-refractivity contribution in [2.24, 2.45) is 0 Å². The van der Waals surface area contributed by atoms with Gasteiger partial charge in [-0.15, -0.1) is 31.2 Å². The molecular formula is C31H65Cl2NTi-6. The first kappa shape index (κ1) is 56.0. The van der Waals surface area contributed by atoms with Gasteiger partial charge in [-0.05, 0) is 25.9 Å². The standard InChI is InChI=1S/C22H46N.C5H5.4CH3.2ClH.Ti/c1-4-7-9-11-13-15-17-19-21-23(6-3)22-20-18-16-14-12-10-8-5-2;1-2-4-5-3-1;;;;;;;/h6H,4-5,7-22H2,1-3H3;1-3H,4H2;4*1H3;2*1H;/q6*-1;;;. The first-order chi connectivity index (χ1) is 13.8. The molecule has 1 rings (SSSR count). The Balaban J connectivity index is -0.0000000900. The smallest absolute Gasteiger partial charge is 0 e. The van der Waals surface area contributed by atoms with E-state index in [1.807, 2.05) is 12.2 Å². The third-order valence-electron chi connectivity index (χ3n) is 5.55. The fourth-order valence-electron chi connectivity index (χ4n) is 3.61. The van der Waals surface area contributed by atoms with Crippen molar-refractivity contribution >= 4 is 24.8 Å². The summed E-state index contributed by atoms with van der Waals surface area (Å²) in [5.74, 6) is 0. The van der Waals surface area contributed by atoms with E-state index in [9.17, 15) is 0 Å². The van der Waals surface area contributed by atoms with Gasteiger partial charge >= 0.3 is 0 Å². The molecule has 0 unspecified atom stereocenters. The second-order valence-electron chi connectivity index (χ2n) is 8.25. The summed E-state index contributed by atoms with van der Waals surface area (Å²) in [5, 5.41) is 0. The van der Waals surface area contributed by atoms with Crippen molar-refractivity contribution in [3.63, 3.8) is 0 Å². The van der Waals surface area contributed by atoms with Crippen LogP contribution in [0.1, 0.15) is 130 Å². The first-order valence-corrected chi connectivity index (χ1v) is 12.6. The number of allylic oxidation sites excluding steroid dienone is 4. The molecule has 0 aromatic carbocycles. The van der Waals surface area contributed by atoms with Crippen molar-refractivity contribution in [3.05, 3.63) is 60.6 Å². The minimum atomic E-state index is 0. The Hall–Kier alpha value is 0.734. The second kappa shape index (κ2) is 51.4. The largest absolute Gasteiger partial charge is 0.457 e. The molecule has 0 N–H and O–H groups in total.